The molecule has 2 aromatic heterocycles. The van der Waals surface area contributed by atoms with Gasteiger partial charge in [-0.2, -0.15) is 5.10 Å². The average molecular weight is 464 g/mol. The Kier molecular flexibility index (Phi) is 6.39. The molecule has 180 valence electrons. The number of fused-ring (bicyclic) bond motifs is 1. The Labute approximate surface area is 200 Å². The monoisotopic (exact) mass is 463 g/mol. The second-order valence-corrected chi connectivity index (χ2v) is 9.47. The standard InChI is InChI=1S/C26H33N5O3/c1-17(32)18-9-11-30(12-10-18)26-28-22-14-24(34-3)23(33-2)13-21(22)25(29-26)19-15-27-31(16-19)20-7-5-4-6-8-20/h13-16,18,20H,4-12H2,1-3H3. The molecule has 3 heterocycles. The van der Waals surface area contributed by atoms with Crippen molar-refractivity contribution < 1.29 is 14.3 Å². The third-order valence-corrected chi connectivity index (χ3v) is 7.37. The lowest BCUT2D eigenvalue weighted by molar-refractivity contribution is -0.121. The highest BCUT2D eigenvalue weighted by atomic mass is 16.5. The first-order valence-corrected chi connectivity index (χ1v) is 12.3. The molecule has 0 atom stereocenters. The van der Waals surface area contributed by atoms with Gasteiger partial charge < -0.3 is 14.4 Å². The van der Waals surface area contributed by atoms with Crippen LogP contribution in [0.2, 0.25) is 0 Å². The molecule has 1 aromatic carbocycles. The fourth-order valence-corrected chi connectivity index (χ4v) is 5.30. The molecular weight excluding hydrogens is 430 g/mol. The van der Waals surface area contributed by atoms with Crippen molar-refractivity contribution in [2.24, 2.45) is 5.92 Å². The van der Waals surface area contributed by atoms with Gasteiger partial charge in [-0.25, -0.2) is 9.97 Å². The summed E-state index contributed by atoms with van der Waals surface area (Å²) in [5.74, 6) is 2.37. The van der Waals surface area contributed by atoms with E-state index in [0.29, 0.717) is 23.5 Å². The number of Topliss-reactive ketones (excluding diaryl/α,β-unsaturated/α-hetero) is 1. The normalized spacial score (nSPS) is 17.8. The summed E-state index contributed by atoms with van der Waals surface area (Å²) in [5.41, 5.74) is 2.62. The van der Waals surface area contributed by atoms with E-state index in [9.17, 15) is 4.79 Å². The van der Waals surface area contributed by atoms with E-state index in [2.05, 4.69) is 15.8 Å². The minimum absolute atomic E-state index is 0.134. The van der Waals surface area contributed by atoms with E-state index in [1.165, 1.54) is 32.1 Å². The third-order valence-electron chi connectivity index (χ3n) is 7.37. The van der Waals surface area contributed by atoms with Crippen LogP contribution in [0.25, 0.3) is 22.2 Å². The Hall–Kier alpha value is -3.16. The van der Waals surface area contributed by atoms with Gasteiger partial charge in [0.1, 0.15) is 5.78 Å². The van der Waals surface area contributed by atoms with E-state index in [1.807, 2.05) is 18.3 Å². The molecule has 0 N–H and O–H groups in total. The smallest absolute Gasteiger partial charge is 0.226 e. The number of benzene rings is 1. The van der Waals surface area contributed by atoms with E-state index in [0.717, 1.165) is 48.1 Å². The topological polar surface area (TPSA) is 82.4 Å². The molecule has 1 aliphatic carbocycles. The molecule has 1 aliphatic heterocycles. The molecule has 5 rings (SSSR count). The Morgan fingerprint density at radius 3 is 2.35 bits per heavy atom. The minimum atomic E-state index is 0.134. The molecule has 0 radical (unpaired) electrons. The van der Waals surface area contributed by atoms with Crippen molar-refractivity contribution in [3.05, 3.63) is 24.5 Å². The molecule has 0 spiro atoms. The van der Waals surface area contributed by atoms with Crippen LogP contribution in [0.4, 0.5) is 5.95 Å². The maximum atomic E-state index is 11.8. The number of hydrogen-bond acceptors (Lipinski definition) is 7. The summed E-state index contributed by atoms with van der Waals surface area (Å²) < 4.78 is 13.2. The predicted molar refractivity (Wildman–Crippen MR) is 132 cm³/mol. The van der Waals surface area contributed by atoms with Crippen LogP contribution in [0, 0.1) is 5.92 Å². The van der Waals surface area contributed by atoms with E-state index in [-0.39, 0.29) is 11.7 Å². The van der Waals surface area contributed by atoms with Gasteiger partial charge in [0.15, 0.2) is 11.5 Å². The summed E-state index contributed by atoms with van der Waals surface area (Å²) >= 11 is 0. The summed E-state index contributed by atoms with van der Waals surface area (Å²) in [6.45, 7) is 3.22. The SMILES string of the molecule is COc1cc2nc(N3CCC(C(C)=O)CC3)nc(-c3cnn(C4CCCCC4)c3)c2cc1OC. The van der Waals surface area contributed by atoms with Crippen LogP contribution in [0.1, 0.15) is 57.9 Å². The van der Waals surface area contributed by atoms with Gasteiger partial charge in [0.05, 0.1) is 37.7 Å². The summed E-state index contributed by atoms with van der Waals surface area (Å²) in [6, 6.07) is 4.32. The van der Waals surface area contributed by atoms with Crippen LogP contribution in [0.5, 0.6) is 11.5 Å². The van der Waals surface area contributed by atoms with E-state index in [4.69, 9.17) is 24.5 Å². The Bertz CT molecular complexity index is 1180. The van der Waals surface area contributed by atoms with Gasteiger partial charge in [0.2, 0.25) is 5.95 Å². The largest absolute Gasteiger partial charge is 0.493 e. The lowest BCUT2D eigenvalue weighted by atomic mass is 9.93. The molecular formula is C26H33N5O3. The lowest BCUT2D eigenvalue weighted by Crippen LogP contribution is -2.36. The second kappa shape index (κ2) is 9.60. The van der Waals surface area contributed by atoms with Crippen molar-refractivity contribution in [2.75, 3.05) is 32.2 Å². The molecule has 0 bridgehead atoms. The Morgan fingerprint density at radius 2 is 1.68 bits per heavy atom. The zero-order chi connectivity index (χ0) is 23.7. The van der Waals surface area contributed by atoms with Gasteiger partial charge in [-0.05, 0) is 38.7 Å². The maximum Gasteiger partial charge on any atom is 0.226 e. The van der Waals surface area contributed by atoms with Crippen LogP contribution in [-0.2, 0) is 4.79 Å². The zero-order valence-corrected chi connectivity index (χ0v) is 20.3. The molecule has 8 heteroatoms. The van der Waals surface area contributed by atoms with Crippen LogP contribution in [0.15, 0.2) is 24.5 Å². The molecule has 0 amide bonds. The maximum absolute atomic E-state index is 11.8. The lowest BCUT2D eigenvalue weighted by Gasteiger charge is -2.31. The zero-order valence-electron chi connectivity index (χ0n) is 20.3. The molecule has 2 aliphatic rings. The number of nitrogens with zero attached hydrogens (tertiary/aromatic N) is 5. The first-order chi connectivity index (χ1) is 16.6. The number of carbonyl (C=O) groups is 1. The van der Waals surface area contributed by atoms with E-state index in [1.54, 1.807) is 21.1 Å². The molecule has 2 fully saturated rings. The molecule has 1 saturated heterocycles. The Morgan fingerprint density at radius 1 is 0.971 bits per heavy atom. The Balaban J connectivity index is 1.57. The third kappa shape index (κ3) is 4.33. The van der Waals surface area contributed by atoms with E-state index < -0.39 is 0 Å². The average Bonchev–Trinajstić information content (AvgIpc) is 3.38. The fourth-order valence-electron chi connectivity index (χ4n) is 5.30. The highest BCUT2D eigenvalue weighted by Gasteiger charge is 2.26. The van der Waals surface area contributed by atoms with Gasteiger partial charge in [-0.1, -0.05) is 19.3 Å². The summed E-state index contributed by atoms with van der Waals surface area (Å²) in [5, 5.41) is 5.63. The van der Waals surface area contributed by atoms with Gasteiger partial charge in [0.25, 0.3) is 0 Å². The molecule has 1 saturated carbocycles. The minimum Gasteiger partial charge on any atom is -0.493 e. The number of ether oxygens (including phenoxy) is 2. The number of methoxy groups -OCH3 is 2. The summed E-state index contributed by atoms with van der Waals surface area (Å²) in [6.07, 6.45) is 11.9. The number of piperidine rings is 1. The van der Waals surface area contributed by atoms with Crippen molar-refractivity contribution >= 4 is 22.6 Å². The second-order valence-electron chi connectivity index (χ2n) is 9.47. The van der Waals surface area contributed by atoms with Gasteiger partial charge in [0, 0.05) is 42.2 Å². The van der Waals surface area contributed by atoms with Crippen molar-refractivity contribution in [1.82, 2.24) is 19.7 Å². The molecule has 3 aromatic rings. The van der Waals surface area contributed by atoms with Gasteiger partial charge in [-0.15, -0.1) is 0 Å². The fraction of sp³-hybridized carbons (Fsp3) is 0.538. The highest BCUT2D eigenvalue weighted by Crippen LogP contribution is 2.37. The van der Waals surface area contributed by atoms with Crippen LogP contribution < -0.4 is 14.4 Å². The van der Waals surface area contributed by atoms with Crippen molar-refractivity contribution in [3.8, 4) is 22.8 Å². The number of aromatic nitrogens is 4. The van der Waals surface area contributed by atoms with Crippen molar-refractivity contribution in [3.63, 3.8) is 0 Å². The predicted octanol–water partition coefficient (Wildman–Crippen LogP) is 4.82. The molecule has 34 heavy (non-hydrogen) atoms. The van der Waals surface area contributed by atoms with Crippen molar-refractivity contribution in [2.45, 2.75) is 57.9 Å². The highest BCUT2D eigenvalue weighted by molar-refractivity contribution is 5.95. The first-order valence-electron chi connectivity index (χ1n) is 12.3. The van der Waals surface area contributed by atoms with Crippen LogP contribution in [0.3, 0.4) is 0 Å². The van der Waals surface area contributed by atoms with Crippen LogP contribution >= 0.6 is 0 Å². The number of rotatable bonds is 6. The van der Waals surface area contributed by atoms with Crippen LogP contribution in [-0.4, -0.2) is 52.8 Å². The number of anilines is 1. The first kappa shape index (κ1) is 22.6. The van der Waals surface area contributed by atoms with Gasteiger partial charge >= 0.3 is 0 Å². The quantitative estimate of drug-likeness (QED) is 0.518. The molecule has 8 nitrogen and oxygen atoms in total. The number of hydrogen-bond donors (Lipinski definition) is 0. The van der Waals surface area contributed by atoms with Crippen molar-refractivity contribution in [1.29, 1.82) is 0 Å². The van der Waals surface area contributed by atoms with E-state index >= 15 is 0 Å². The number of ketones is 1. The summed E-state index contributed by atoms with van der Waals surface area (Å²) in [7, 11) is 3.27. The number of carbonyl (C=O) groups excluding carboxylic acids is 1. The molecule has 0 unspecified atom stereocenters. The summed E-state index contributed by atoms with van der Waals surface area (Å²) in [4.78, 5) is 24.0. The van der Waals surface area contributed by atoms with Gasteiger partial charge in [-0.3, -0.25) is 9.48 Å².